The van der Waals surface area contributed by atoms with Crippen LogP contribution in [0.3, 0.4) is 0 Å². The van der Waals surface area contributed by atoms with Crippen LogP contribution in [-0.2, 0) is 0 Å². The topological polar surface area (TPSA) is 104 Å². The first kappa shape index (κ1) is 27.6. The number of aromatic nitrogens is 5. The van der Waals surface area contributed by atoms with Crippen LogP contribution in [0.1, 0.15) is 30.1 Å². The Bertz CT molecular complexity index is 1720. The molecule has 0 radical (unpaired) electrons. The summed E-state index contributed by atoms with van der Waals surface area (Å²) in [6, 6.07) is 9.43. The van der Waals surface area contributed by atoms with Crippen molar-refractivity contribution in [1.29, 1.82) is 0 Å². The molecule has 0 saturated carbocycles. The van der Waals surface area contributed by atoms with E-state index in [4.69, 9.17) is 9.72 Å². The molecule has 1 fully saturated rings. The molecule has 4 aromatic heterocycles. The van der Waals surface area contributed by atoms with E-state index in [1.807, 2.05) is 56.5 Å². The SMILES string of the molecule is CCOc1cc(-c2ccc(N3CCC(CN(C)C)(NC(=O)c4c(F)cccc4F)CC3)nc2)c2c3cn[nH]c3nn2c1. The lowest BCUT2D eigenvalue weighted by molar-refractivity contribution is 0.0844. The number of carbonyl (C=O) groups excluding carboxylic acids is 1. The summed E-state index contributed by atoms with van der Waals surface area (Å²) in [5, 5.41) is 15.5. The number of hydrogen-bond donors (Lipinski definition) is 2. The monoisotopic (exact) mass is 574 g/mol. The minimum absolute atomic E-state index is 0.531. The number of rotatable bonds is 8. The zero-order chi connectivity index (χ0) is 29.4. The lowest BCUT2D eigenvalue weighted by Gasteiger charge is -2.44. The molecule has 218 valence electrons. The van der Waals surface area contributed by atoms with Crippen molar-refractivity contribution in [2.24, 2.45) is 0 Å². The summed E-state index contributed by atoms with van der Waals surface area (Å²) in [7, 11) is 3.83. The fourth-order valence-electron chi connectivity index (χ4n) is 5.85. The third kappa shape index (κ3) is 5.13. The number of benzene rings is 1. The zero-order valence-corrected chi connectivity index (χ0v) is 23.7. The third-order valence-electron chi connectivity index (χ3n) is 7.70. The van der Waals surface area contributed by atoms with Gasteiger partial charge in [-0.05, 0) is 64.2 Å². The molecule has 0 atom stereocenters. The van der Waals surface area contributed by atoms with Crippen molar-refractivity contribution in [2.75, 3.05) is 45.2 Å². The van der Waals surface area contributed by atoms with Gasteiger partial charge in [0.2, 0.25) is 0 Å². The minimum Gasteiger partial charge on any atom is -0.492 e. The first-order chi connectivity index (χ1) is 20.3. The summed E-state index contributed by atoms with van der Waals surface area (Å²) in [6.45, 7) is 4.23. The third-order valence-corrected chi connectivity index (χ3v) is 7.70. The molecule has 1 aromatic carbocycles. The van der Waals surface area contributed by atoms with Crippen molar-refractivity contribution in [3.63, 3.8) is 0 Å². The van der Waals surface area contributed by atoms with Gasteiger partial charge < -0.3 is 19.9 Å². The van der Waals surface area contributed by atoms with E-state index in [9.17, 15) is 13.6 Å². The number of aromatic amines is 1. The van der Waals surface area contributed by atoms with Crippen molar-refractivity contribution in [2.45, 2.75) is 25.3 Å². The molecule has 0 spiro atoms. The van der Waals surface area contributed by atoms with Gasteiger partial charge in [-0.15, -0.1) is 5.10 Å². The largest absolute Gasteiger partial charge is 0.492 e. The Labute approximate surface area is 241 Å². The highest BCUT2D eigenvalue weighted by molar-refractivity contribution is 6.01. The molecule has 42 heavy (non-hydrogen) atoms. The van der Waals surface area contributed by atoms with Crippen LogP contribution < -0.4 is 15.0 Å². The number of H-pyrrole nitrogens is 1. The number of anilines is 1. The maximum absolute atomic E-state index is 14.3. The van der Waals surface area contributed by atoms with Crippen LogP contribution in [0.2, 0.25) is 0 Å². The van der Waals surface area contributed by atoms with Gasteiger partial charge in [0, 0.05) is 37.0 Å². The molecule has 2 N–H and O–H groups in total. The summed E-state index contributed by atoms with van der Waals surface area (Å²) in [5.74, 6) is -0.976. The quantitative estimate of drug-likeness (QED) is 0.285. The van der Waals surface area contributed by atoms with Gasteiger partial charge in [0.15, 0.2) is 5.65 Å². The fraction of sp³-hybridized carbons (Fsp3) is 0.333. The lowest BCUT2D eigenvalue weighted by Crippen LogP contribution is -2.60. The molecule has 1 aliphatic rings. The standard InChI is InChI=1S/C30H32F2N8O2/c1-4-42-20-14-21(27-22-16-34-36-28(22)37-40(27)17-20)19-8-9-25(33-15-19)39-12-10-30(11-13-39,18-38(2)3)35-29(41)26-23(31)6-5-7-24(26)32/h5-9,14-17H,4,10-13,18H2,1-3H3,(H,35,41)(H,36,37). The number of nitrogens with one attached hydrogen (secondary N) is 2. The number of carbonyl (C=O) groups is 1. The number of likely N-dealkylation sites (N-methyl/N-ethyl adjacent to an activating group) is 1. The Morgan fingerprint density at radius 1 is 1.14 bits per heavy atom. The van der Waals surface area contributed by atoms with Gasteiger partial charge in [-0.3, -0.25) is 9.89 Å². The van der Waals surface area contributed by atoms with E-state index in [1.54, 1.807) is 10.7 Å². The predicted molar refractivity (Wildman–Crippen MR) is 156 cm³/mol. The van der Waals surface area contributed by atoms with Gasteiger partial charge in [-0.1, -0.05) is 6.07 Å². The first-order valence-corrected chi connectivity index (χ1v) is 13.9. The van der Waals surface area contributed by atoms with E-state index in [2.05, 4.69) is 25.5 Å². The average Bonchev–Trinajstić information content (AvgIpc) is 3.54. The van der Waals surface area contributed by atoms with Gasteiger partial charge in [0.05, 0.1) is 35.4 Å². The van der Waals surface area contributed by atoms with E-state index in [0.717, 1.165) is 40.0 Å². The van der Waals surface area contributed by atoms with Crippen molar-refractivity contribution >= 4 is 28.3 Å². The van der Waals surface area contributed by atoms with Gasteiger partial charge >= 0.3 is 0 Å². The second-order valence-corrected chi connectivity index (χ2v) is 10.9. The van der Waals surface area contributed by atoms with Crippen LogP contribution in [0.15, 0.2) is 55.0 Å². The Hall–Kier alpha value is -4.58. The number of fused-ring (bicyclic) bond motifs is 3. The molecule has 10 nitrogen and oxygen atoms in total. The molecular weight excluding hydrogens is 542 g/mol. The Kier molecular flexibility index (Phi) is 7.23. The van der Waals surface area contributed by atoms with E-state index in [-0.39, 0.29) is 0 Å². The number of nitrogens with zero attached hydrogens (tertiary/aromatic N) is 6. The molecule has 12 heteroatoms. The number of halogens is 2. The summed E-state index contributed by atoms with van der Waals surface area (Å²) >= 11 is 0. The smallest absolute Gasteiger partial charge is 0.257 e. The van der Waals surface area contributed by atoms with Crippen LogP contribution >= 0.6 is 0 Å². The number of pyridine rings is 2. The summed E-state index contributed by atoms with van der Waals surface area (Å²) in [4.78, 5) is 21.9. The second kappa shape index (κ2) is 11.0. The highest BCUT2D eigenvalue weighted by atomic mass is 19.1. The summed E-state index contributed by atoms with van der Waals surface area (Å²) < 4.78 is 36.2. The van der Waals surface area contributed by atoms with Crippen LogP contribution in [0.5, 0.6) is 5.75 Å². The summed E-state index contributed by atoms with van der Waals surface area (Å²) in [6.07, 6.45) is 6.62. The van der Waals surface area contributed by atoms with Gasteiger partial charge in [-0.2, -0.15) is 5.10 Å². The number of ether oxygens (including phenoxy) is 1. The molecule has 0 bridgehead atoms. The first-order valence-electron chi connectivity index (χ1n) is 13.9. The van der Waals surface area contributed by atoms with Crippen LogP contribution in [0, 0.1) is 11.6 Å². The Balaban J connectivity index is 1.23. The van der Waals surface area contributed by atoms with E-state index in [0.29, 0.717) is 50.5 Å². The Morgan fingerprint density at radius 3 is 2.57 bits per heavy atom. The number of piperidine rings is 1. The molecule has 1 saturated heterocycles. The van der Waals surface area contributed by atoms with E-state index in [1.165, 1.54) is 6.07 Å². The van der Waals surface area contributed by atoms with Gasteiger partial charge in [0.1, 0.15) is 28.8 Å². The fourth-order valence-corrected chi connectivity index (χ4v) is 5.85. The molecule has 6 rings (SSSR count). The van der Waals surface area contributed by atoms with E-state index >= 15 is 0 Å². The van der Waals surface area contributed by atoms with Crippen LogP contribution in [0.25, 0.3) is 27.7 Å². The maximum atomic E-state index is 14.3. The maximum Gasteiger partial charge on any atom is 0.257 e. The van der Waals surface area contributed by atoms with Gasteiger partial charge in [0.25, 0.3) is 5.91 Å². The lowest BCUT2D eigenvalue weighted by atomic mass is 9.86. The molecule has 0 unspecified atom stereocenters. The average molecular weight is 575 g/mol. The molecule has 5 heterocycles. The zero-order valence-electron chi connectivity index (χ0n) is 23.7. The number of amides is 1. The minimum atomic E-state index is -0.872. The molecule has 1 amide bonds. The second-order valence-electron chi connectivity index (χ2n) is 10.9. The van der Waals surface area contributed by atoms with Crippen molar-refractivity contribution in [3.05, 3.63) is 72.2 Å². The van der Waals surface area contributed by atoms with E-state index < -0.39 is 28.6 Å². The highest BCUT2D eigenvalue weighted by Crippen LogP contribution is 2.34. The van der Waals surface area contributed by atoms with Crippen molar-refractivity contribution < 1.29 is 18.3 Å². The highest BCUT2D eigenvalue weighted by Gasteiger charge is 2.38. The van der Waals surface area contributed by atoms with Crippen molar-refractivity contribution in [1.82, 2.24) is 35.0 Å². The molecule has 1 aliphatic heterocycles. The van der Waals surface area contributed by atoms with Crippen LogP contribution in [0.4, 0.5) is 14.6 Å². The van der Waals surface area contributed by atoms with Crippen molar-refractivity contribution in [3.8, 4) is 16.9 Å². The molecule has 5 aromatic rings. The molecule has 0 aliphatic carbocycles. The predicted octanol–water partition coefficient (Wildman–Crippen LogP) is 4.28. The summed E-state index contributed by atoms with van der Waals surface area (Å²) in [5.41, 5.74) is 2.24. The molecular formula is C30H32F2N8O2. The van der Waals surface area contributed by atoms with Crippen LogP contribution in [-0.4, -0.2) is 81.5 Å². The Morgan fingerprint density at radius 2 is 1.90 bits per heavy atom. The van der Waals surface area contributed by atoms with Gasteiger partial charge in [-0.25, -0.2) is 18.3 Å². The number of hydrogen-bond acceptors (Lipinski definition) is 7. The normalized spacial score (nSPS) is 15.0.